The zero-order chi connectivity index (χ0) is 21.9. The Hall–Kier alpha value is -3.09. The van der Waals surface area contributed by atoms with E-state index in [4.69, 9.17) is 23.4 Å². The molecule has 0 unspecified atom stereocenters. The summed E-state index contributed by atoms with van der Waals surface area (Å²) in [7, 11) is 1.58. The molecule has 32 heavy (non-hydrogen) atoms. The molecule has 11 nitrogen and oxygen atoms in total. The third-order valence-corrected chi connectivity index (χ3v) is 6.23. The highest BCUT2D eigenvalue weighted by molar-refractivity contribution is 7.98. The summed E-state index contributed by atoms with van der Waals surface area (Å²) in [5, 5.41) is 15.4. The molecule has 3 aromatic rings. The lowest BCUT2D eigenvalue weighted by molar-refractivity contribution is 0.00751. The van der Waals surface area contributed by atoms with Crippen LogP contribution in [-0.2, 0) is 20.0 Å². The lowest BCUT2D eigenvalue weighted by Crippen LogP contribution is -2.35. The van der Waals surface area contributed by atoms with Crippen LogP contribution < -0.4 is 10.1 Å². The van der Waals surface area contributed by atoms with Gasteiger partial charge in [-0.25, -0.2) is 9.48 Å². The van der Waals surface area contributed by atoms with Gasteiger partial charge >= 0.3 is 6.09 Å². The molecule has 2 fully saturated rings. The number of thioether (sulfide) groups is 1. The first-order valence-corrected chi connectivity index (χ1v) is 11.0. The topological polar surface area (TPSA) is 123 Å². The van der Waals surface area contributed by atoms with E-state index in [1.165, 1.54) is 11.8 Å². The fourth-order valence-electron chi connectivity index (χ4n) is 3.73. The van der Waals surface area contributed by atoms with Crippen LogP contribution in [0.5, 0.6) is 5.75 Å². The number of nitrogens with zero attached hydrogens (tertiary/aromatic N) is 4. The van der Waals surface area contributed by atoms with Gasteiger partial charge in [0.15, 0.2) is 6.10 Å². The molecule has 0 aliphatic carbocycles. The van der Waals surface area contributed by atoms with E-state index < -0.39 is 18.3 Å². The van der Waals surface area contributed by atoms with Crippen molar-refractivity contribution in [3.05, 3.63) is 48.4 Å². The Morgan fingerprint density at radius 3 is 2.84 bits per heavy atom. The van der Waals surface area contributed by atoms with E-state index in [0.717, 1.165) is 5.76 Å². The van der Waals surface area contributed by atoms with Gasteiger partial charge in [0.2, 0.25) is 5.16 Å². The van der Waals surface area contributed by atoms with E-state index in [9.17, 15) is 4.79 Å². The summed E-state index contributed by atoms with van der Waals surface area (Å²) >= 11 is 1.47. The van der Waals surface area contributed by atoms with Crippen LogP contribution in [0.15, 0.2) is 52.2 Å². The van der Waals surface area contributed by atoms with Crippen molar-refractivity contribution < 1.29 is 28.2 Å². The van der Waals surface area contributed by atoms with Crippen molar-refractivity contribution in [2.75, 3.05) is 25.6 Å². The van der Waals surface area contributed by atoms with Crippen LogP contribution in [0.3, 0.4) is 0 Å². The van der Waals surface area contributed by atoms with Crippen LogP contribution >= 0.6 is 11.8 Å². The van der Waals surface area contributed by atoms with Crippen molar-refractivity contribution in [2.24, 2.45) is 0 Å². The summed E-state index contributed by atoms with van der Waals surface area (Å²) in [5.74, 6) is 2.14. The average Bonchev–Trinajstić information content (AvgIpc) is 3.59. The second kappa shape index (κ2) is 9.18. The van der Waals surface area contributed by atoms with E-state index in [1.807, 2.05) is 12.1 Å². The van der Waals surface area contributed by atoms with Gasteiger partial charge in [-0.2, -0.15) is 0 Å². The molecule has 2 saturated heterocycles. The van der Waals surface area contributed by atoms with Gasteiger partial charge < -0.3 is 23.4 Å². The normalized spacial score (nSPS) is 24.3. The Morgan fingerprint density at radius 1 is 1.22 bits per heavy atom. The van der Waals surface area contributed by atoms with Crippen LogP contribution in [-0.4, -0.2) is 64.9 Å². The van der Waals surface area contributed by atoms with Crippen LogP contribution in [0.1, 0.15) is 11.8 Å². The number of rotatable bonds is 7. The lowest BCUT2D eigenvalue weighted by atomic mass is 10.1. The van der Waals surface area contributed by atoms with E-state index in [2.05, 4.69) is 20.8 Å². The van der Waals surface area contributed by atoms with Gasteiger partial charge in [-0.05, 0) is 46.8 Å². The van der Waals surface area contributed by atoms with Gasteiger partial charge in [0.1, 0.15) is 29.8 Å². The second-order valence-corrected chi connectivity index (χ2v) is 8.18. The van der Waals surface area contributed by atoms with Gasteiger partial charge in [0.05, 0.1) is 32.3 Å². The van der Waals surface area contributed by atoms with Gasteiger partial charge in [0.25, 0.3) is 0 Å². The number of amides is 1. The van der Waals surface area contributed by atoms with E-state index in [-0.39, 0.29) is 18.8 Å². The smallest absolute Gasteiger partial charge is 0.412 e. The molecule has 2 aliphatic heterocycles. The van der Waals surface area contributed by atoms with Gasteiger partial charge in [-0.1, -0.05) is 11.8 Å². The number of nitrogens with one attached hydrogen (secondary N) is 1. The van der Waals surface area contributed by atoms with Crippen molar-refractivity contribution in [2.45, 2.75) is 35.3 Å². The highest BCUT2D eigenvalue weighted by Crippen LogP contribution is 2.37. The molecule has 12 heteroatoms. The van der Waals surface area contributed by atoms with Gasteiger partial charge in [-0.3, -0.25) is 5.32 Å². The van der Waals surface area contributed by atoms with Crippen molar-refractivity contribution in [3.8, 4) is 5.75 Å². The number of ether oxygens (including phenoxy) is 4. The number of fused-ring (bicyclic) bond motifs is 1. The SMILES string of the molecule is COc1ccc(NC(=O)O[C@@H]2CO[C@H]3[C@@H]2OC[C@@H]3n2nnnc2SCc2ccco2)cc1. The van der Waals surface area contributed by atoms with E-state index in [0.29, 0.717) is 29.0 Å². The minimum atomic E-state index is -0.575. The van der Waals surface area contributed by atoms with Crippen LogP contribution in [0.2, 0.25) is 0 Å². The monoisotopic (exact) mass is 459 g/mol. The average molecular weight is 459 g/mol. The van der Waals surface area contributed by atoms with Crippen molar-refractivity contribution in [1.82, 2.24) is 20.2 Å². The number of anilines is 1. The third kappa shape index (κ3) is 4.29. The van der Waals surface area contributed by atoms with Crippen LogP contribution in [0.25, 0.3) is 0 Å². The number of carbonyl (C=O) groups is 1. The largest absolute Gasteiger partial charge is 0.497 e. The van der Waals surface area contributed by atoms with Gasteiger partial charge in [0, 0.05) is 5.69 Å². The van der Waals surface area contributed by atoms with Crippen molar-refractivity contribution >= 4 is 23.5 Å². The molecule has 2 aliphatic rings. The van der Waals surface area contributed by atoms with E-state index in [1.54, 1.807) is 42.3 Å². The predicted molar refractivity (Wildman–Crippen MR) is 111 cm³/mol. The molecule has 1 N–H and O–H groups in total. The Labute approximate surface area is 187 Å². The Kier molecular flexibility index (Phi) is 5.97. The van der Waals surface area contributed by atoms with Crippen molar-refractivity contribution in [1.29, 1.82) is 0 Å². The van der Waals surface area contributed by atoms with Crippen LogP contribution in [0, 0.1) is 0 Å². The Morgan fingerprint density at radius 2 is 2.06 bits per heavy atom. The highest BCUT2D eigenvalue weighted by atomic mass is 32.2. The summed E-state index contributed by atoms with van der Waals surface area (Å²) in [4.78, 5) is 12.3. The number of carbonyl (C=O) groups excluding carboxylic acids is 1. The zero-order valence-electron chi connectivity index (χ0n) is 17.1. The first-order valence-electron chi connectivity index (χ1n) is 9.99. The predicted octanol–water partition coefficient (Wildman–Crippen LogP) is 2.52. The lowest BCUT2D eigenvalue weighted by Gasteiger charge is -2.17. The Bertz CT molecular complexity index is 1040. The van der Waals surface area contributed by atoms with Crippen molar-refractivity contribution in [3.63, 3.8) is 0 Å². The summed E-state index contributed by atoms with van der Waals surface area (Å²) in [6.07, 6.45) is -0.188. The molecule has 1 amide bonds. The molecule has 168 valence electrons. The number of benzene rings is 1. The summed E-state index contributed by atoms with van der Waals surface area (Å²) in [5.41, 5.74) is 0.600. The first kappa shape index (κ1) is 20.8. The molecule has 0 radical (unpaired) electrons. The maximum absolute atomic E-state index is 12.3. The molecule has 4 heterocycles. The molecule has 5 rings (SSSR count). The Balaban J connectivity index is 1.18. The van der Waals surface area contributed by atoms with E-state index >= 15 is 0 Å². The quantitative estimate of drug-likeness (QED) is 0.527. The molecule has 4 atom stereocenters. The second-order valence-electron chi connectivity index (χ2n) is 7.23. The fourth-order valence-corrected chi connectivity index (χ4v) is 4.57. The van der Waals surface area contributed by atoms with Gasteiger partial charge in [-0.15, -0.1) is 5.10 Å². The molecule has 0 spiro atoms. The summed E-state index contributed by atoms with van der Waals surface area (Å²) < 4.78 is 29.6. The minimum absolute atomic E-state index is 0.215. The number of methoxy groups -OCH3 is 1. The number of aromatic nitrogens is 4. The number of tetrazole rings is 1. The molecule has 0 saturated carbocycles. The summed E-state index contributed by atoms with van der Waals surface area (Å²) in [6.45, 7) is 0.591. The maximum atomic E-state index is 12.3. The molecule has 1 aromatic carbocycles. The van der Waals surface area contributed by atoms with Crippen LogP contribution in [0.4, 0.5) is 10.5 Å². The standard InChI is InChI=1S/C20H21N5O6S/c1-27-13-6-4-12(5-7-13)21-20(26)31-16-10-30-17-15(9-29-18(16)17)25-19(22-23-24-25)32-11-14-3-2-8-28-14/h2-8,15-18H,9-11H2,1H3,(H,21,26)/t15-,16+,17+,18+/m0/s1. The molecular weight excluding hydrogens is 438 g/mol. The molecule has 2 aromatic heterocycles. The number of hydrogen-bond donors (Lipinski definition) is 1. The number of furan rings is 1. The first-order chi connectivity index (χ1) is 15.7. The highest BCUT2D eigenvalue weighted by Gasteiger charge is 2.51. The summed E-state index contributed by atoms with van der Waals surface area (Å²) in [6, 6.07) is 10.5. The zero-order valence-corrected chi connectivity index (χ0v) is 17.9. The minimum Gasteiger partial charge on any atom is -0.497 e. The third-order valence-electron chi connectivity index (χ3n) is 5.28. The molecule has 0 bridgehead atoms. The number of hydrogen-bond acceptors (Lipinski definition) is 10. The maximum Gasteiger partial charge on any atom is 0.412 e. The fraction of sp³-hybridized carbons (Fsp3) is 0.400. The molecular formula is C20H21N5O6S.